The van der Waals surface area contributed by atoms with Crippen molar-refractivity contribution in [3.63, 3.8) is 0 Å². The van der Waals surface area contributed by atoms with Gasteiger partial charge in [-0.1, -0.05) is 12.1 Å². The van der Waals surface area contributed by atoms with E-state index in [1.54, 1.807) is 0 Å². The van der Waals surface area contributed by atoms with E-state index >= 15 is 0 Å². The molecule has 9 nitrogen and oxygen atoms in total. The minimum Gasteiger partial charge on any atom is -0.480 e. The van der Waals surface area contributed by atoms with E-state index in [1.807, 2.05) is 0 Å². The predicted molar refractivity (Wildman–Crippen MR) is 74.8 cm³/mol. The summed E-state index contributed by atoms with van der Waals surface area (Å²) >= 11 is 0. The van der Waals surface area contributed by atoms with E-state index in [2.05, 4.69) is 10.6 Å². The number of hydrogen-bond acceptors (Lipinski definition) is 6. The van der Waals surface area contributed by atoms with Crippen LogP contribution in [0.5, 0.6) is 0 Å². The zero-order chi connectivity index (χ0) is 15.8. The van der Waals surface area contributed by atoms with Gasteiger partial charge >= 0.3 is 5.97 Å². The van der Waals surface area contributed by atoms with Crippen molar-refractivity contribution in [3.8, 4) is 0 Å². The molecule has 0 heterocycles. The summed E-state index contributed by atoms with van der Waals surface area (Å²) in [5, 5.41) is 24.7. The normalized spacial score (nSPS) is 11.7. The lowest BCUT2D eigenvalue weighted by molar-refractivity contribution is -0.383. The van der Waals surface area contributed by atoms with Crippen LogP contribution in [0.4, 0.5) is 11.4 Å². The molecule has 0 fully saturated rings. The predicted octanol–water partition coefficient (Wildman–Crippen LogP) is -0.0751. The quantitative estimate of drug-likeness (QED) is 0.387. The van der Waals surface area contributed by atoms with E-state index in [4.69, 9.17) is 10.8 Å². The summed E-state index contributed by atoms with van der Waals surface area (Å²) in [7, 11) is 0. The molecule has 1 aromatic rings. The van der Waals surface area contributed by atoms with Crippen LogP contribution in [0, 0.1) is 10.1 Å². The van der Waals surface area contributed by atoms with Gasteiger partial charge in [0.25, 0.3) is 5.69 Å². The molecule has 0 bridgehead atoms. The third-order valence-electron chi connectivity index (χ3n) is 2.60. The zero-order valence-electron chi connectivity index (χ0n) is 11.1. The van der Waals surface area contributed by atoms with Crippen LogP contribution in [-0.4, -0.2) is 41.0 Å². The number of nitro groups is 1. The standard InChI is InChI=1S/C12H16N4O5/c13-5-6-14-9(12(18)19)7-11(17)15-8-3-1-2-4-10(8)16(20)21/h1-4,9,14H,5-7,13H2,(H,15,17)(H,18,19)/t9-/m0/s1. The zero-order valence-corrected chi connectivity index (χ0v) is 11.1. The van der Waals surface area contributed by atoms with Gasteiger partial charge in [-0.05, 0) is 6.07 Å². The molecule has 114 valence electrons. The van der Waals surface area contributed by atoms with Crippen LogP contribution in [0.15, 0.2) is 24.3 Å². The van der Waals surface area contributed by atoms with Crippen molar-refractivity contribution in [3.05, 3.63) is 34.4 Å². The topological polar surface area (TPSA) is 148 Å². The van der Waals surface area contributed by atoms with E-state index in [1.165, 1.54) is 24.3 Å². The Morgan fingerprint density at radius 3 is 2.62 bits per heavy atom. The molecule has 9 heteroatoms. The van der Waals surface area contributed by atoms with Gasteiger partial charge < -0.3 is 21.5 Å². The van der Waals surface area contributed by atoms with Gasteiger partial charge in [0.2, 0.25) is 5.91 Å². The number of nitrogens with two attached hydrogens (primary N) is 1. The Morgan fingerprint density at radius 2 is 2.05 bits per heavy atom. The maximum absolute atomic E-state index is 11.8. The molecule has 1 rings (SSSR count). The molecular weight excluding hydrogens is 280 g/mol. The molecule has 0 aliphatic carbocycles. The number of nitrogens with one attached hydrogen (secondary N) is 2. The van der Waals surface area contributed by atoms with Gasteiger partial charge in [-0.25, -0.2) is 0 Å². The third-order valence-corrected chi connectivity index (χ3v) is 2.60. The van der Waals surface area contributed by atoms with Crippen LogP contribution in [0.1, 0.15) is 6.42 Å². The number of nitro benzene ring substituents is 1. The molecular formula is C12H16N4O5. The summed E-state index contributed by atoms with van der Waals surface area (Å²) in [6.07, 6.45) is -0.360. The molecule has 1 aromatic carbocycles. The molecule has 0 radical (unpaired) electrons. The first kappa shape index (κ1) is 16.5. The number of anilines is 1. The lowest BCUT2D eigenvalue weighted by atomic mass is 10.2. The summed E-state index contributed by atoms with van der Waals surface area (Å²) in [6, 6.07) is 4.52. The van der Waals surface area contributed by atoms with Crippen molar-refractivity contribution in [2.45, 2.75) is 12.5 Å². The highest BCUT2D eigenvalue weighted by atomic mass is 16.6. The lowest BCUT2D eigenvalue weighted by Crippen LogP contribution is -2.41. The van der Waals surface area contributed by atoms with Crippen molar-refractivity contribution in [2.75, 3.05) is 18.4 Å². The molecule has 0 aromatic heterocycles. The summed E-state index contributed by atoms with van der Waals surface area (Å²) in [5.41, 5.74) is 5.02. The van der Waals surface area contributed by atoms with E-state index < -0.39 is 22.8 Å². The highest BCUT2D eigenvalue weighted by molar-refractivity contribution is 5.95. The van der Waals surface area contributed by atoms with Crippen molar-refractivity contribution in [1.82, 2.24) is 5.32 Å². The Kier molecular flexibility index (Phi) is 6.24. The number of carbonyl (C=O) groups is 2. The van der Waals surface area contributed by atoms with Crippen molar-refractivity contribution >= 4 is 23.3 Å². The number of benzene rings is 1. The van der Waals surface area contributed by atoms with E-state index in [9.17, 15) is 19.7 Å². The maximum Gasteiger partial charge on any atom is 0.321 e. The minimum atomic E-state index is -1.19. The SMILES string of the molecule is NCCN[C@@H](CC(=O)Nc1ccccc1[N+](=O)[O-])C(=O)O. The molecule has 21 heavy (non-hydrogen) atoms. The Morgan fingerprint density at radius 1 is 1.38 bits per heavy atom. The lowest BCUT2D eigenvalue weighted by Gasteiger charge is -2.13. The van der Waals surface area contributed by atoms with Gasteiger partial charge in [0.15, 0.2) is 0 Å². The fraction of sp³-hybridized carbons (Fsp3) is 0.333. The highest BCUT2D eigenvalue weighted by Gasteiger charge is 2.22. The van der Waals surface area contributed by atoms with Crippen molar-refractivity contribution in [2.24, 2.45) is 5.73 Å². The second-order valence-electron chi connectivity index (χ2n) is 4.16. The van der Waals surface area contributed by atoms with Crippen LogP contribution in [0.2, 0.25) is 0 Å². The number of hydrogen-bond donors (Lipinski definition) is 4. The summed E-state index contributed by atoms with van der Waals surface area (Å²) in [4.78, 5) is 33.0. The number of nitrogens with zero attached hydrogens (tertiary/aromatic N) is 1. The molecule has 0 aliphatic heterocycles. The molecule has 5 N–H and O–H groups in total. The fourth-order valence-corrected chi connectivity index (χ4v) is 1.63. The second-order valence-corrected chi connectivity index (χ2v) is 4.16. The third kappa shape index (κ3) is 5.16. The number of carboxylic acid groups (broad SMARTS) is 1. The van der Waals surface area contributed by atoms with Crippen LogP contribution < -0.4 is 16.4 Å². The number of carboxylic acids is 1. The molecule has 1 amide bonds. The van der Waals surface area contributed by atoms with E-state index in [0.29, 0.717) is 0 Å². The van der Waals surface area contributed by atoms with Gasteiger partial charge in [0.05, 0.1) is 11.3 Å². The Balaban J connectivity index is 2.72. The van der Waals surface area contributed by atoms with Crippen LogP contribution in [0.25, 0.3) is 0 Å². The largest absolute Gasteiger partial charge is 0.480 e. The molecule has 0 saturated heterocycles. The number of amides is 1. The first-order valence-electron chi connectivity index (χ1n) is 6.15. The van der Waals surface area contributed by atoms with Crippen LogP contribution >= 0.6 is 0 Å². The molecule has 0 unspecified atom stereocenters. The van der Waals surface area contributed by atoms with E-state index in [0.717, 1.165) is 0 Å². The monoisotopic (exact) mass is 296 g/mol. The number of aliphatic carboxylic acids is 1. The first-order chi connectivity index (χ1) is 9.95. The number of rotatable bonds is 8. The van der Waals surface area contributed by atoms with Gasteiger partial charge in [0.1, 0.15) is 11.7 Å². The fourth-order valence-electron chi connectivity index (χ4n) is 1.63. The van der Waals surface area contributed by atoms with Crippen molar-refractivity contribution < 1.29 is 19.6 Å². The molecule has 1 atom stereocenters. The molecule has 0 aliphatic rings. The van der Waals surface area contributed by atoms with Crippen LogP contribution in [-0.2, 0) is 9.59 Å². The summed E-state index contributed by atoms with van der Waals surface area (Å²) in [6.45, 7) is 0.477. The van der Waals surface area contributed by atoms with Crippen molar-refractivity contribution in [1.29, 1.82) is 0 Å². The number of carbonyl (C=O) groups excluding carboxylic acids is 1. The average Bonchev–Trinajstić information content (AvgIpc) is 2.43. The average molecular weight is 296 g/mol. The van der Waals surface area contributed by atoms with Gasteiger partial charge in [-0.2, -0.15) is 0 Å². The Labute approximate surface area is 120 Å². The Bertz CT molecular complexity index is 534. The molecule has 0 saturated carbocycles. The minimum absolute atomic E-state index is 0.0236. The maximum atomic E-state index is 11.8. The summed E-state index contributed by atoms with van der Waals surface area (Å²) in [5.74, 6) is -1.83. The van der Waals surface area contributed by atoms with Crippen LogP contribution in [0.3, 0.4) is 0 Å². The second kappa shape index (κ2) is 7.92. The number of para-hydroxylation sites is 2. The Hall–Kier alpha value is -2.52. The summed E-state index contributed by atoms with van der Waals surface area (Å²) < 4.78 is 0. The smallest absolute Gasteiger partial charge is 0.321 e. The first-order valence-corrected chi connectivity index (χ1v) is 6.15. The van der Waals surface area contributed by atoms with Gasteiger partial charge in [0, 0.05) is 19.2 Å². The molecule has 0 spiro atoms. The van der Waals surface area contributed by atoms with E-state index in [-0.39, 0.29) is 30.9 Å². The highest BCUT2D eigenvalue weighted by Crippen LogP contribution is 2.23. The van der Waals surface area contributed by atoms with Gasteiger partial charge in [-0.3, -0.25) is 19.7 Å². The van der Waals surface area contributed by atoms with Gasteiger partial charge in [-0.15, -0.1) is 0 Å².